The number of nitrogens with one attached hydrogen (secondary N) is 1. The average Bonchev–Trinajstić information content (AvgIpc) is 2.95. The summed E-state index contributed by atoms with van der Waals surface area (Å²) in [4.78, 5) is 25.4. The molecular weight excluding hydrogens is 548 g/mol. The van der Waals surface area contributed by atoms with E-state index in [1.165, 1.54) is 36.7 Å². The van der Waals surface area contributed by atoms with Gasteiger partial charge in [0.2, 0.25) is 0 Å². The number of piperazine rings is 1. The highest BCUT2D eigenvalue weighted by molar-refractivity contribution is 6.04. The minimum absolute atomic E-state index is 0.0132. The van der Waals surface area contributed by atoms with Crippen LogP contribution >= 0.6 is 0 Å². The number of hydrogen-bond acceptors (Lipinski definition) is 6. The molecule has 11 heteroatoms. The summed E-state index contributed by atoms with van der Waals surface area (Å²) in [5.41, 5.74) is 6.75. The van der Waals surface area contributed by atoms with Gasteiger partial charge in [0.05, 0.1) is 22.4 Å². The number of halogens is 4. The van der Waals surface area contributed by atoms with E-state index in [2.05, 4.69) is 32.0 Å². The molecule has 3 heterocycles. The predicted molar refractivity (Wildman–Crippen MR) is 153 cm³/mol. The number of alkyl halides is 3. The highest BCUT2D eigenvalue weighted by Crippen LogP contribution is 2.35. The number of hydrogen-bond donors (Lipinski definition) is 2. The molecule has 1 fully saturated rings. The largest absolute Gasteiger partial charge is 0.416 e. The Morgan fingerprint density at radius 1 is 1.02 bits per heavy atom. The summed E-state index contributed by atoms with van der Waals surface area (Å²) in [6.07, 6.45) is -1.92. The van der Waals surface area contributed by atoms with Gasteiger partial charge < -0.3 is 16.0 Å². The van der Waals surface area contributed by atoms with Crippen LogP contribution < -0.4 is 11.1 Å². The van der Waals surface area contributed by atoms with Gasteiger partial charge in [0.15, 0.2) is 0 Å². The molecule has 1 saturated heterocycles. The molecule has 7 nitrogen and oxygen atoms in total. The first-order valence-corrected chi connectivity index (χ1v) is 13.2. The Morgan fingerprint density at radius 3 is 2.52 bits per heavy atom. The van der Waals surface area contributed by atoms with E-state index < -0.39 is 23.5 Å². The number of benzene rings is 2. The molecule has 0 radical (unpaired) electrons. The van der Waals surface area contributed by atoms with E-state index in [1.807, 2.05) is 11.9 Å². The molecule has 2 aromatic carbocycles. The Morgan fingerprint density at radius 2 is 1.79 bits per heavy atom. The molecule has 3 N–H and O–H groups in total. The molecule has 4 aromatic rings. The van der Waals surface area contributed by atoms with Crippen LogP contribution in [0.4, 0.5) is 29.1 Å². The maximum absolute atomic E-state index is 14.2. The molecule has 0 unspecified atom stereocenters. The Kier molecular flexibility index (Phi) is 8.11. The van der Waals surface area contributed by atoms with Crippen molar-refractivity contribution in [2.45, 2.75) is 19.6 Å². The van der Waals surface area contributed by atoms with Crippen LogP contribution in [0.2, 0.25) is 0 Å². The first-order valence-electron chi connectivity index (χ1n) is 13.2. The Bertz CT molecular complexity index is 1720. The number of likely N-dealkylation sites (N-methyl/N-ethyl adjacent to an activating group) is 1. The summed E-state index contributed by atoms with van der Waals surface area (Å²) in [6.45, 7) is 4.81. The standard InChI is InChI=1S/C31H28F4N6O/c1-19-20(7-9-25-24-4-3-5-28(32)26(24)17-38-29(25)36)14-22(16-37-19)30(42)39-23-8-6-21(27(15-23)31(33,34)35)18-41-12-10-40(2)11-13-41/h3-6,8,14-17H,10-13,18H2,1-2H3,(H2,36,38)(H,39,42). The lowest BCUT2D eigenvalue weighted by molar-refractivity contribution is -0.138. The van der Waals surface area contributed by atoms with Crippen LogP contribution in [0.15, 0.2) is 54.9 Å². The first-order chi connectivity index (χ1) is 20.0. The van der Waals surface area contributed by atoms with Crippen molar-refractivity contribution in [2.75, 3.05) is 44.3 Å². The minimum Gasteiger partial charge on any atom is -0.383 e. The molecule has 0 aliphatic carbocycles. The Labute approximate surface area is 240 Å². The average molecular weight is 577 g/mol. The fourth-order valence-electron chi connectivity index (χ4n) is 4.77. The fraction of sp³-hybridized carbons (Fsp3) is 0.258. The second-order valence-electron chi connectivity index (χ2n) is 10.2. The first kappa shape index (κ1) is 29.0. The van der Waals surface area contributed by atoms with Gasteiger partial charge in [-0.25, -0.2) is 9.37 Å². The van der Waals surface area contributed by atoms with E-state index in [0.29, 0.717) is 35.3 Å². The van der Waals surface area contributed by atoms with Crippen molar-refractivity contribution in [3.05, 3.63) is 94.2 Å². The molecule has 1 aliphatic heterocycles. The topological polar surface area (TPSA) is 87.4 Å². The number of carbonyl (C=O) groups excluding carboxylic acids is 1. The van der Waals surface area contributed by atoms with Gasteiger partial charge in [-0.1, -0.05) is 30.0 Å². The number of anilines is 2. The van der Waals surface area contributed by atoms with Gasteiger partial charge in [0, 0.05) is 67.1 Å². The van der Waals surface area contributed by atoms with Crippen LogP contribution in [-0.4, -0.2) is 58.9 Å². The Hall–Kier alpha value is -4.53. The number of carbonyl (C=O) groups is 1. The van der Waals surface area contributed by atoms with Gasteiger partial charge in [-0.2, -0.15) is 13.2 Å². The van der Waals surface area contributed by atoms with Gasteiger partial charge in [-0.05, 0) is 43.8 Å². The molecule has 0 spiro atoms. The molecule has 1 aliphatic rings. The van der Waals surface area contributed by atoms with Crippen LogP contribution in [0, 0.1) is 24.6 Å². The van der Waals surface area contributed by atoms with Gasteiger partial charge in [0.1, 0.15) is 11.6 Å². The van der Waals surface area contributed by atoms with Crippen molar-refractivity contribution in [1.29, 1.82) is 0 Å². The normalized spacial score (nSPS) is 14.4. The zero-order chi connectivity index (χ0) is 30.0. The lowest BCUT2D eigenvalue weighted by Gasteiger charge is -2.33. The fourth-order valence-corrected chi connectivity index (χ4v) is 4.77. The SMILES string of the molecule is Cc1ncc(C(=O)Nc2ccc(CN3CCN(C)CC3)c(C(F)(F)F)c2)cc1C#Cc1c(N)ncc2c(F)cccc12. The summed E-state index contributed by atoms with van der Waals surface area (Å²) >= 11 is 0. The number of amides is 1. The van der Waals surface area contributed by atoms with E-state index in [1.54, 1.807) is 19.1 Å². The number of aromatic nitrogens is 2. The van der Waals surface area contributed by atoms with Crippen molar-refractivity contribution in [3.63, 3.8) is 0 Å². The number of nitrogens with two attached hydrogens (primary N) is 1. The lowest BCUT2D eigenvalue weighted by Crippen LogP contribution is -2.44. The number of rotatable bonds is 4. The van der Waals surface area contributed by atoms with E-state index in [-0.39, 0.29) is 34.6 Å². The van der Waals surface area contributed by atoms with Gasteiger partial charge >= 0.3 is 6.18 Å². The smallest absolute Gasteiger partial charge is 0.383 e. The molecule has 1 amide bonds. The Balaban J connectivity index is 1.39. The zero-order valence-electron chi connectivity index (χ0n) is 23.0. The van der Waals surface area contributed by atoms with E-state index in [4.69, 9.17) is 5.73 Å². The molecule has 0 bridgehead atoms. The van der Waals surface area contributed by atoms with Crippen LogP contribution in [0.1, 0.15) is 38.3 Å². The molecule has 216 valence electrons. The third-order valence-electron chi connectivity index (χ3n) is 7.25. The number of nitrogens with zero attached hydrogens (tertiary/aromatic N) is 4. The third-order valence-corrected chi connectivity index (χ3v) is 7.25. The van der Waals surface area contributed by atoms with E-state index in [0.717, 1.165) is 19.2 Å². The summed E-state index contributed by atoms with van der Waals surface area (Å²) in [5.74, 6) is 4.87. The van der Waals surface area contributed by atoms with Crippen LogP contribution in [0.25, 0.3) is 10.8 Å². The van der Waals surface area contributed by atoms with E-state index in [9.17, 15) is 22.4 Å². The lowest BCUT2D eigenvalue weighted by atomic mass is 10.0. The second-order valence-corrected chi connectivity index (χ2v) is 10.2. The van der Waals surface area contributed by atoms with Gasteiger partial charge in [-0.15, -0.1) is 0 Å². The maximum Gasteiger partial charge on any atom is 0.416 e. The predicted octanol–water partition coefficient (Wildman–Crippen LogP) is 5.08. The maximum atomic E-state index is 14.2. The monoisotopic (exact) mass is 576 g/mol. The summed E-state index contributed by atoms with van der Waals surface area (Å²) in [7, 11) is 1.98. The van der Waals surface area contributed by atoms with Crippen molar-refractivity contribution in [2.24, 2.45) is 0 Å². The van der Waals surface area contributed by atoms with E-state index >= 15 is 0 Å². The van der Waals surface area contributed by atoms with Crippen molar-refractivity contribution >= 4 is 28.2 Å². The minimum atomic E-state index is -4.59. The van der Waals surface area contributed by atoms with Crippen molar-refractivity contribution < 1.29 is 22.4 Å². The summed E-state index contributed by atoms with van der Waals surface area (Å²) in [6, 6.07) is 9.87. The molecular formula is C31H28F4N6O. The quantitative estimate of drug-likeness (QED) is 0.261. The highest BCUT2D eigenvalue weighted by Gasteiger charge is 2.34. The van der Waals surface area contributed by atoms with Gasteiger partial charge in [0.25, 0.3) is 5.91 Å². The zero-order valence-corrected chi connectivity index (χ0v) is 23.0. The molecule has 42 heavy (non-hydrogen) atoms. The molecule has 5 rings (SSSR count). The van der Waals surface area contributed by atoms with Crippen molar-refractivity contribution in [3.8, 4) is 11.8 Å². The molecule has 2 aromatic heterocycles. The number of fused-ring (bicyclic) bond motifs is 1. The van der Waals surface area contributed by atoms with Crippen molar-refractivity contribution in [1.82, 2.24) is 19.8 Å². The highest BCUT2D eigenvalue weighted by atomic mass is 19.4. The third kappa shape index (κ3) is 6.35. The summed E-state index contributed by atoms with van der Waals surface area (Å²) < 4.78 is 56.2. The molecule has 0 saturated carbocycles. The number of aryl methyl sites for hydroxylation is 1. The van der Waals surface area contributed by atoms with Crippen LogP contribution in [0.3, 0.4) is 0 Å². The van der Waals surface area contributed by atoms with Crippen LogP contribution in [-0.2, 0) is 12.7 Å². The number of nitrogen functional groups attached to an aromatic ring is 1. The number of pyridine rings is 2. The second kappa shape index (κ2) is 11.8. The van der Waals surface area contributed by atoms with Crippen LogP contribution in [0.5, 0.6) is 0 Å². The molecule has 0 atom stereocenters. The summed E-state index contributed by atoms with van der Waals surface area (Å²) in [5, 5.41) is 3.31. The van der Waals surface area contributed by atoms with Gasteiger partial charge in [-0.3, -0.25) is 14.7 Å².